The van der Waals surface area contributed by atoms with Crippen LogP contribution in [0.5, 0.6) is 0 Å². The Morgan fingerprint density at radius 3 is 2.59 bits per heavy atom. The topological polar surface area (TPSA) is 55.4 Å². The summed E-state index contributed by atoms with van der Waals surface area (Å²) in [5, 5.41) is 2.56. The van der Waals surface area contributed by atoms with E-state index in [0.717, 1.165) is 5.56 Å². The fraction of sp³-hybridized carbons (Fsp3) is 0.222. The van der Waals surface area contributed by atoms with Crippen molar-refractivity contribution in [2.45, 2.75) is 12.8 Å². The van der Waals surface area contributed by atoms with Crippen molar-refractivity contribution in [3.63, 3.8) is 0 Å². The number of hydrogen-bond acceptors (Lipinski definition) is 3. The average Bonchev–Trinajstić information content (AvgIpc) is 2.85. The molecule has 1 unspecified atom stereocenters. The number of fused-ring (bicyclic) bond motifs is 3. The van der Waals surface area contributed by atoms with Crippen LogP contribution in [0.2, 0.25) is 0 Å². The molecule has 0 aliphatic heterocycles. The molecule has 1 N–H and O–H groups in total. The fourth-order valence-corrected chi connectivity index (χ4v) is 2.92. The Balaban J connectivity index is 1.90. The van der Waals surface area contributed by atoms with Gasteiger partial charge >= 0.3 is 5.97 Å². The number of hydrogen-bond donors (Lipinski definition) is 1. The van der Waals surface area contributed by atoms with Crippen molar-refractivity contribution in [2.75, 3.05) is 13.7 Å². The van der Waals surface area contributed by atoms with Crippen molar-refractivity contribution in [3.05, 3.63) is 59.2 Å². The van der Waals surface area contributed by atoms with Crippen molar-refractivity contribution in [2.24, 2.45) is 0 Å². The van der Waals surface area contributed by atoms with E-state index in [9.17, 15) is 9.59 Å². The van der Waals surface area contributed by atoms with E-state index in [1.165, 1.54) is 23.8 Å². The number of esters is 1. The first kappa shape index (κ1) is 14.3. The molecule has 0 spiro atoms. The Morgan fingerprint density at radius 1 is 1.09 bits per heavy atom. The molecule has 112 valence electrons. The van der Waals surface area contributed by atoms with E-state index in [0.29, 0.717) is 11.5 Å². The summed E-state index contributed by atoms with van der Waals surface area (Å²) in [4.78, 5) is 23.2. The molecule has 4 heteroatoms. The minimum absolute atomic E-state index is 0.126. The highest BCUT2D eigenvalue weighted by Gasteiger charge is 2.25. The summed E-state index contributed by atoms with van der Waals surface area (Å²) in [5.74, 6) is -0.405. The third-order valence-electron chi connectivity index (χ3n) is 4.12. The van der Waals surface area contributed by atoms with Gasteiger partial charge in [-0.2, -0.15) is 0 Å². The van der Waals surface area contributed by atoms with E-state index < -0.39 is 5.97 Å². The molecule has 22 heavy (non-hydrogen) atoms. The number of carbonyl (C=O) groups is 2. The minimum Gasteiger partial charge on any atom is -0.468 e. The molecule has 1 atom stereocenters. The van der Waals surface area contributed by atoms with Crippen molar-refractivity contribution >= 4 is 11.9 Å². The van der Waals surface area contributed by atoms with E-state index in [4.69, 9.17) is 0 Å². The van der Waals surface area contributed by atoms with Crippen molar-refractivity contribution in [1.29, 1.82) is 0 Å². The average molecular weight is 295 g/mol. The van der Waals surface area contributed by atoms with Gasteiger partial charge in [0, 0.05) is 11.5 Å². The maximum absolute atomic E-state index is 12.1. The van der Waals surface area contributed by atoms with Gasteiger partial charge in [-0.25, -0.2) is 0 Å². The Bertz CT molecular complexity index is 752. The summed E-state index contributed by atoms with van der Waals surface area (Å²) in [6, 6.07) is 13.9. The monoisotopic (exact) mass is 295 g/mol. The molecule has 0 saturated carbocycles. The van der Waals surface area contributed by atoms with Gasteiger partial charge in [0.15, 0.2) is 0 Å². The predicted octanol–water partition coefficient (Wildman–Crippen LogP) is 2.72. The van der Waals surface area contributed by atoms with Crippen LogP contribution in [0.1, 0.15) is 34.3 Å². The molecule has 0 heterocycles. The van der Waals surface area contributed by atoms with Crippen molar-refractivity contribution in [1.82, 2.24) is 5.32 Å². The standard InChI is InChI=1S/C18H17NO3/c1-11-13-5-3-4-6-15(13)16-9-12(7-8-14(11)16)18(21)19-10-17(20)22-2/h3-9,11H,10H2,1-2H3,(H,19,21). The molecule has 0 aromatic heterocycles. The zero-order valence-electron chi connectivity index (χ0n) is 12.6. The maximum Gasteiger partial charge on any atom is 0.325 e. The van der Waals surface area contributed by atoms with Gasteiger partial charge in [-0.1, -0.05) is 37.3 Å². The highest BCUT2D eigenvalue weighted by atomic mass is 16.5. The fourth-order valence-electron chi connectivity index (χ4n) is 2.92. The predicted molar refractivity (Wildman–Crippen MR) is 83.7 cm³/mol. The first-order valence-electron chi connectivity index (χ1n) is 7.20. The number of amides is 1. The first-order chi connectivity index (χ1) is 10.6. The number of methoxy groups -OCH3 is 1. The molecule has 4 nitrogen and oxygen atoms in total. The molecule has 2 aromatic rings. The first-order valence-corrected chi connectivity index (χ1v) is 7.20. The van der Waals surface area contributed by atoms with Gasteiger partial charge in [0.2, 0.25) is 0 Å². The van der Waals surface area contributed by atoms with Gasteiger partial charge in [0.1, 0.15) is 6.54 Å². The van der Waals surface area contributed by atoms with E-state index in [1.54, 1.807) is 6.07 Å². The van der Waals surface area contributed by atoms with Crippen LogP contribution in [-0.2, 0) is 9.53 Å². The van der Waals surface area contributed by atoms with Crippen LogP contribution in [0, 0.1) is 0 Å². The third-order valence-corrected chi connectivity index (χ3v) is 4.12. The lowest BCUT2D eigenvalue weighted by molar-refractivity contribution is -0.139. The largest absolute Gasteiger partial charge is 0.468 e. The lowest BCUT2D eigenvalue weighted by atomic mass is 9.98. The molecule has 1 aliphatic carbocycles. The normalized spacial score (nSPS) is 14.9. The summed E-state index contributed by atoms with van der Waals surface area (Å²) in [5.41, 5.74) is 5.32. The quantitative estimate of drug-likeness (QED) is 0.886. The van der Waals surface area contributed by atoms with Crippen LogP contribution in [0.3, 0.4) is 0 Å². The van der Waals surface area contributed by atoms with Gasteiger partial charge in [0.25, 0.3) is 5.91 Å². The lowest BCUT2D eigenvalue weighted by Gasteiger charge is -2.08. The van der Waals surface area contributed by atoms with Crippen LogP contribution < -0.4 is 5.32 Å². The van der Waals surface area contributed by atoms with E-state index >= 15 is 0 Å². The highest BCUT2D eigenvalue weighted by Crippen LogP contribution is 2.44. The maximum atomic E-state index is 12.1. The molecule has 0 bridgehead atoms. The van der Waals surface area contributed by atoms with Crippen molar-refractivity contribution in [3.8, 4) is 11.1 Å². The number of rotatable bonds is 3. The van der Waals surface area contributed by atoms with Crippen molar-refractivity contribution < 1.29 is 14.3 Å². The summed E-state index contributed by atoms with van der Waals surface area (Å²) in [6.45, 7) is 2.04. The number of ether oxygens (including phenoxy) is 1. The molecule has 0 fully saturated rings. The van der Waals surface area contributed by atoms with Crippen LogP contribution >= 0.6 is 0 Å². The van der Waals surface area contributed by atoms with Crippen LogP contribution in [0.25, 0.3) is 11.1 Å². The van der Waals surface area contributed by atoms with Gasteiger partial charge in [-0.05, 0) is 34.4 Å². The van der Waals surface area contributed by atoms with E-state index in [-0.39, 0.29) is 12.5 Å². The Kier molecular flexibility index (Phi) is 3.67. The molecule has 0 radical (unpaired) electrons. The summed E-state index contributed by atoms with van der Waals surface area (Å²) >= 11 is 0. The summed E-state index contributed by atoms with van der Waals surface area (Å²) in [6.07, 6.45) is 0. The molecular weight excluding hydrogens is 278 g/mol. The number of benzene rings is 2. The SMILES string of the molecule is COC(=O)CNC(=O)c1ccc2c(c1)-c1ccccc1C2C. The zero-order chi connectivity index (χ0) is 15.7. The van der Waals surface area contributed by atoms with E-state index in [1.807, 2.05) is 24.3 Å². The number of nitrogens with one attached hydrogen (secondary N) is 1. The second-order valence-electron chi connectivity index (χ2n) is 5.37. The molecule has 1 amide bonds. The highest BCUT2D eigenvalue weighted by molar-refractivity contribution is 5.98. The Morgan fingerprint density at radius 2 is 1.82 bits per heavy atom. The Labute approximate surface area is 129 Å². The summed E-state index contributed by atoms with van der Waals surface area (Å²) < 4.78 is 4.52. The van der Waals surface area contributed by atoms with Gasteiger partial charge < -0.3 is 10.1 Å². The van der Waals surface area contributed by atoms with Crippen LogP contribution in [0.4, 0.5) is 0 Å². The smallest absolute Gasteiger partial charge is 0.325 e. The molecular formula is C18H17NO3. The van der Waals surface area contributed by atoms with Gasteiger partial charge in [-0.3, -0.25) is 9.59 Å². The molecule has 1 aliphatic rings. The molecule has 2 aromatic carbocycles. The second kappa shape index (κ2) is 5.64. The van der Waals surface area contributed by atoms with Gasteiger partial charge in [-0.15, -0.1) is 0 Å². The summed E-state index contributed by atoms with van der Waals surface area (Å²) in [7, 11) is 1.29. The van der Waals surface area contributed by atoms with Crippen LogP contribution in [-0.4, -0.2) is 25.5 Å². The van der Waals surface area contributed by atoms with Gasteiger partial charge in [0.05, 0.1) is 7.11 Å². The van der Waals surface area contributed by atoms with Crippen LogP contribution in [0.15, 0.2) is 42.5 Å². The lowest BCUT2D eigenvalue weighted by Crippen LogP contribution is -2.30. The number of carbonyl (C=O) groups excluding carboxylic acids is 2. The second-order valence-corrected chi connectivity index (χ2v) is 5.37. The van der Waals surface area contributed by atoms with E-state index in [2.05, 4.69) is 29.1 Å². The minimum atomic E-state index is -0.464. The third kappa shape index (κ3) is 2.37. The zero-order valence-corrected chi connectivity index (χ0v) is 12.6. The molecule has 3 rings (SSSR count). The Hall–Kier alpha value is -2.62. The molecule has 0 saturated heterocycles.